The van der Waals surface area contributed by atoms with Crippen molar-refractivity contribution < 1.29 is 19.2 Å². The molecule has 4 nitrogen and oxygen atoms in total. The first-order valence-electron chi connectivity index (χ1n) is 9.58. The molecule has 0 fully saturated rings. The summed E-state index contributed by atoms with van der Waals surface area (Å²) in [4.78, 5) is 49.5. The van der Waals surface area contributed by atoms with Crippen molar-refractivity contribution in [2.24, 2.45) is 0 Å². The van der Waals surface area contributed by atoms with Gasteiger partial charge in [-0.3, -0.25) is 19.2 Å². The standard InChI is InChI=1S/C26H18O4/c1-16(27)24(28)26(30)25(29)23(21-14-6-10-17-8-2-4-12-19(17)21)22-15-7-11-18-9-3-5-13-20(18)22/h2-15,23H,1H3. The number of Topliss-reactive ketones (excluding diaryl/α,β-unsaturated/α-hetero) is 4. The molecule has 0 N–H and O–H groups in total. The van der Waals surface area contributed by atoms with Crippen molar-refractivity contribution in [1.29, 1.82) is 0 Å². The number of rotatable bonds is 6. The maximum absolute atomic E-state index is 13.4. The minimum Gasteiger partial charge on any atom is -0.291 e. The first-order chi connectivity index (χ1) is 14.5. The van der Waals surface area contributed by atoms with Crippen LogP contribution in [0.25, 0.3) is 21.5 Å². The van der Waals surface area contributed by atoms with Gasteiger partial charge < -0.3 is 0 Å². The topological polar surface area (TPSA) is 68.3 Å². The molecule has 0 aromatic heterocycles. The maximum Gasteiger partial charge on any atom is 0.273 e. The predicted molar refractivity (Wildman–Crippen MR) is 115 cm³/mol. The molecular weight excluding hydrogens is 376 g/mol. The third-order valence-electron chi connectivity index (χ3n) is 5.28. The molecule has 0 aliphatic rings. The van der Waals surface area contributed by atoms with Crippen molar-refractivity contribution in [2.75, 3.05) is 0 Å². The second-order valence-corrected chi connectivity index (χ2v) is 7.15. The summed E-state index contributed by atoms with van der Waals surface area (Å²) >= 11 is 0. The van der Waals surface area contributed by atoms with E-state index in [0.29, 0.717) is 11.1 Å². The lowest BCUT2D eigenvalue weighted by molar-refractivity contribution is -0.148. The lowest BCUT2D eigenvalue weighted by atomic mass is 9.81. The number of benzene rings is 4. The molecule has 146 valence electrons. The monoisotopic (exact) mass is 394 g/mol. The Morgan fingerprint density at radius 1 is 0.567 bits per heavy atom. The van der Waals surface area contributed by atoms with Crippen LogP contribution in [0.4, 0.5) is 0 Å². The van der Waals surface area contributed by atoms with Gasteiger partial charge in [-0.25, -0.2) is 0 Å². The second-order valence-electron chi connectivity index (χ2n) is 7.15. The molecule has 4 aromatic carbocycles. The summed E-state index contributed by atoms with van der Waals surface area (Å²) < 4.78 is 0. The van der Waals surface area contributed by atoms with Gasteiger partial charge in [-0.05, 0) is 32.7 Å². The summed E-state index contributed by atoms with van der Waals surface area (Å²) in [7, 11) is 0. The molecule has 4 heteroatoms. The smallest absolute Gasteiger partial charge is 0.273 e. The molecule has 0 radical (unpaired) electrons. The third kappa shape index (κ3) is 3.33. The van der Waals surface area contributed by atoms with Crippen molar-refractivity contribution in [2.45, 2.75) is 12.8 Å². The molecule has 0 atom stereocenters. The molecule has 0 spiro atoms. The number of hydrogen-bond donors (Lipinski definition) is 0. The fourth-order valence-corrected chi connectivity index (χ4v) is 3.86. The zero-order valence-electron chi connectivity index (χ0n) is 16.3. The third-order valence-corrected chi connectivity index (χ3v) is 5.28. The van der Waals surface area contributed by atoms with Crippen molar-refractivity contribution in [3.8, 4) is 0 Å². The van der Waals surface area contributed by atoms with E-state index in [0.717, 1.165) is 28.5 Å². The van der Waals surface area contributed by atoms with Crippen molar-refractivity contribution in [1.82, 2.24) is 0 Å². The van der Waals surface area contributed by atoms with E-state index in [-0.39, 0.29) is 0 Å². The number of hydrogen-bond acceptors (Lipinski definition) is 4. The minimum atomic E-state index is -1.29. The van der Waals surface area contributed by atoms with Crippen LogP contribution in [0.2, 0.25) is 0 Å². The van der Waals surface area contributed by atoms with Gasteiger partial charge in [0.25, 0.3) is 11.6 Å². The molecular formula is C26H18O4. The molecule has 4 aromatic rings. The molecule has 0 bridgehead atoms. The Labute approximate surface area is 173 Å². The van der Waals surface area contributed by atoms with E-state index in [2.05, 4.69) is 0 Å². The largest absolute Gasteiger partial charge is 0.291 e. The molecule has 0 saturated heterocycles. The van der Waals surface area contributed by atoms with Gasteiger partial charge >= 0.3 is 0 Å². The molecule has 0 amide bonds. The number of carbonyl (C=O) groups is 4. The summed E-state index contributed by atoms with van der Waals surface area (Å²) in [5.74, 6) is -5.41. The van der Waals surface area contributed by atoms with Gasteiger partial charge in [0.1, 0.15) is 0 Å². The average molecular weight is 394 g/mol. The van der Waals surface area contributed by atoms with Crippen molar-refractivity contribution in [3.63, 3.8) is 0 Å². The van der Waals surface area contributed by atoms with E-state index < -0.39 is 29.1 Å². The first-order valence-corrected chi connectivity index (χ1v) is 9.58. The van der Waals surface area contributed by atoms with Crippen LogP contribution in [0.15, 0.2) is 84.9 Å². The maximum atomic E-state index is 13.4. The first kappa shape index (κ1) is 19.4. The highest BCUT2D eigenvalue weighted by Gasteiger charge is 2.35. The van der Waals surface area contributed by atoms with E-state index >= 15 is 0 Å². The van der Waals surface area contributed by atoms with Gasteiger partial charge in [0.15, 0.2) is 0 Å². The molecule has 4 rings (SSSR count). The predicted octanol–water partition coefficient (Wildman–Crippen LogP) is 4.42. The van der Waals surface area contributed by atoms with E-state index in [1.165, 1.54) is 0 Å². The fourth-order valence-electron chi connectivity index (χ4n) is 3.86. The minimum absolute atomic E-state index is 0.624. The number of ketones is 4. The highest BCUT2D eigenvalue weighted by molar-refractivity contribution is 6.78. The van der Waals surface area contributed by atoms with Crippen molar-refractivity contribution in [3.05, 3.63) is 96.1 Å². The average Bonchev–Trinajstić information content (AvgIpc) is 2.78. The van der Waals surface area contributed by atoms with Crippen LogP contribution in [0.5, 0.6) is 0 Å². The van der Waals surface area contributed by atoms with Gasteiger partial charge in [0.2, 0.25) is 11.6 Å². The van der Waals surface area contributed by atoms with Gasteiger partial charge in [-0.15, -0.1) is 0 Å². The van der Waals surface area contributed by atoms with Crippen LogP contribution < -0.4 is 0 Å². The summed E-state index contributed by atoms with van der Waals surface area (Å²) in [5.41, 5.74) is 1.25. The van der Waals surface area contributed by atoms with E-state index in [1.54, 1.807) is 12.1 Å². The van der Waals surface area contributed by atoms with Crippen LogP contribution >= 0.6 is 0 Å². The van der Waals surface area contributed by atoms with Crippen LogP contribution in [-0.4, -0.2) is 23.1 Å². The van der Waals surface area contributed by atoms with Crippen molar-refractivity contribution >= 4 is 44.7 Å². The Kier molecular flexibility index (Phi) is 5.07. The Hall–Kier alpha value is -3.92. The molecule has 0 unspecified atom stereocenters. The van der Waals surface area contributed by atoms with Gasteiger partial charge in [0.05, 0.1) is 5.92 Å². The molecule has 30 heavy (non-hydrogen) atoms. The Bertz CT molecular complexity index is 1240. The highest BCUT2D eigenvalue weighted by Crippen LogP contribution is 2.35. The van der Waals surface area contributed by atoms with Crippen LogP contribution in [-0.2, 0) is 19.2 Å². The quantitative estimate of drug-likeness (QED) is 0.359. The molecule has 0 aliphatic heterocycles. The molecule has 0 heterocycles. The van der Waals surface area contributed by atoms with Crippen LogP contribution in [0.1, 0.15) is 24.0 Å². The number of fused-ring (bicyclic) bond motifs is 2. The Morgan fingerprint density at radius 2 is 1.00 bits per heavy atom. The second kappa shape index (κ2) is 7.84. The SMILES string of the molecule is CC(=O)C(=O)C(=O)C(=O)C(c1cccc2ccccc12)c1cccc2ccccc12. The lowest BCUT2D eigenvalue weighted by Crippen LogP contribution is -2.33. The van der Waals surface area contributed by atoms with Gasteiger partial charge in [-0.1, -0.05) is 84.9 Å². The highest BCUT2D eigenvalue weighted by atomic mass is 16.2. The summed E-state index contributed by atoms with van der Waals surface area (Å²) in [5, 5.41) is 3.46. The zero-order chi connectivity index (χ0) is 21.3. The van der Waals surface area contributed by atoms with Crippen LogP contribution in [0, 0.1) is 0 Å². The summed E-state index contributed by atoms with van der Waals surface area (Å²) in [6.07, 6.45) is 0. The zero-order valence-corrected chi connectivity index (χ0v) is 16.3. The summed E-state index contributed by atoms with van der Waals surface area (Å²) in [6.45, 7) is 0.998. The van der Waals surface area contributed by atoms with Gasteiger partial charge in [-0.2, -0.15) is 0 Å². The van der Waals surface area contributed by atoms with E-state index in [4.69, 9.17) is 0 Å². The van der Waals surface area contributed by atoms with E-state index in [1.807, 2.05) is 72.8 Å². The lowest BCUT2D eigenvalue weighted by Gasteiger charge is -2.20. The fraction of sp³-hybridized carbons (Fsp3) is 0.0769. The molecule has 0 aliphatic carbocycles. The van der Waals surface area contributed by atoms with Gasteiger partial charge in [0, 0.05) is 6.92 Å². The molecule has 0 saturated carbocycles. The van der Waals surface area contributed by atoms with Crippen LogP contribution in [0.3, 0.4) is 0 Å². The Balaban J connectivity index is 2.00. The Morgan fingerprint density at radius 3 is 1.47 bits per heavy atom. The summed E-state index contributed by atoms with van der Waals surface area (Å²) in [6, 6.07) is 26.2. The number of carbonyl (C=O) groups excluding carboxylic acids is 4. The van der Waals surface area contributed by atoms with E-state index in [9.17, 15) is 19.2 Å². The normalized spacial score (nSPS) is 11.0.